The second kappa shape index (κ2) is 7.02. The summed E-state index contributed by atoms with van der Waals surface area (Å²) in [5, 5.41) is 9.57. The maximum Gasteiger partial charge on any atom is 0.410 e. The largest absolute Gasteiger partial charge is 0.481 e. The van der Waals surface area contributed by atoms with Gasteiger partial charge in [0, 0.05) is 13.1 Å². The second-order valence-electron chi connectivity index (χ2n) is 7.11. The molecule has 1 aromatic carbocycles. The molecule has 0 aromatic heterocycles. The SMILES string of the molecule is CC(C)(C)OC(=O)N1CC[C@H](C(Cc2ccccc2)C(=O)O)C1. The van der Waals surface area contributed by atoms with E-state index in [1.165, 1.54) is 0 Å². The number of amides is 1. The molecule has 1 aliphatic heterocycles. The molecule has 0 radical (unpaired) electrons. The van der Waals surface area contributed by atoms with Gasteiger partial charge < -0.3 is 14.7 Å². The predicted octanol–water partition coefficient (Wildman–Crippen LogP) is 3.19. The van der Waals surface area contributed by atoms with Gasteiger partial charge in [0.1, 0.15) is 5.60 Å². The molecule has 1 fully saturated rings. The molecule has 5 nitrogen and oxygen atoms in total. The van der Waals surface area contributed by atoms with Gasteiger partial charge in [0.2, 0.25) is 0 Å². The predicted molar refractivity (Wildman–Crippen MR) is 87.2 cm³/mol. The van der Waals surface area contributed by atoms with Crippen LogP contribution in [0.3, 0.4) is 0 Å². The number of aliphatic carboxylic acids is 1. The summed E-state index contributed by atoms with van der Waals surface area (Å²) in [6, 6.07) is 9.62. The van der Waals surface area contributed by atoms with Crippen LogP contribution in [0.1, 0.15) is 32.8 Å². The molecule has 0 aliphatic carbocycles. The molecule has 1 N–H and O–H groups in total. The minimum Gasteiger partial charge on any atom is -0.481 e. The number of hydrogen-bond acceptors (Lipinski definition) is 3. The van der Waals surface area contributed by atoms with Crippen LogP contribution < -0.4 is 0 Å². The van der Waals surface area contributed by atoms with Crippen molar-refractivity contribution in [3.63, 3.8) is 0 Å². The Hall–Kier alpha value is -2.04. The summed E-state index contributed by atoms with van der Waals surface area (Å²) in [5.41, 5.74) is 0.474. The molecule has 2 rings (SSSR count). The molecule has 2 atom stereocenters. The van der Waals surface area contributed by atoms with Crippen molar-refractivity contribution in [2.75, 3.05) is 13.1 Å². The zero-order chi connectivity index (χ0) is 17.0. The van der Waals surface area contributed by atoms with Gasteiger partial charge in [0.25, 0.3) is 0 Å². The molecule has 1 heterocycles. The van der Waals surface area contributed by atoms with Crippen molar-refractivity contribution < 1.29 is 19.4 Å². The van der Waals surface area contributed by atoms with Crippen LogP contribution in [-0.4, -0.2) is 40.8 Å². The van der Waals surface area contributed by atoms with Crippen molar-refractivity contribution in [1.29, 1.82) is 0 Å². The minimum absolute atomic E-state index is 0.0415. The highest BCUT2D eigenvalue weighted by molar-refractivity contribution is 5.72. The third-order valence-electron chi connectivity index (χ3n) is 4.06. The topological polar surface area (TPSA) is 66.8 Å². The number of nitrogens with zero attached hydrogens (tertiary/aromatic N) is 1. The van der Waals surface area contributed by atoms with Crippen molar-refractivity contribution >= 4 is 12.1 Å². The molecule has 1 amide bonds. The summed E-state index contributed by atoms with van der Waals surface area (Å²) in [7, 11) is 0. The Morgan fingerprint density at radius 1 is 1.30 bits per heavy atom. The number of carbonyl (C=O) groups excluding carboxylic acids is 1. The van der Waals surface area contributed by atoms with Gasteiger partial charge in [-0.05, 0) is 45.1 Å². The van der Waals surface area contributed by atoms with Crippen molar-refractivity contribution in [3.05, 3.63) is 35.9 Å². The maximum absolute atomic E-state index is 12.1. The Balaban J connectivity index is 1.99. The first-order chi connectivity index (χ1) is 10.8. The summed E-state index contributed by atoms with van der Waals surface area (Å²) < 4.78 is 5.37. The number of hydrogen-bond donors (Lipinski definition) is 1. The zero-order valence-corrected chi connectivity index (χ0v) is 14.0. The highest BCUT2D eigenvalue weighted by Crippen LogP contribution is 2.28. The number of benzene rings is 1. The van der Waals surface area contributed by atoms with E-state index in [9.17, 15) is 14.7 Å². The second-order valence-corrected chi connectivity index (χ2v) is 7.11. The molecular formula is C18H25NO4. The van der Waals surface area contributed by atoms with Gasteiger partial charge in [0.05, 0.1) is 5.92 Å². The van der Waals surface area contributed by atoms with Gasteiger partial charge in [-0.2, -0.15) is 0 Å². The fourth-order valence-electron chi connectivity index (χ4n) is 2.93. The summed E-state index contributed by atoms with van der Waals surface area (Å²) in [6.07, 6.45) is 0.829. The minimum atomic E-state index is -0.801. The third kappa shape index (κ3) is 4.98. The van der Waals surface area contributed by atoms with Crippen molar-refractivity contribution in [2.24, 2.45) is 11.8 Å². The number of likely N-dealkylation sites (tertiary alicyclic amines) is 1. The van der Waals surface area contributed by atoms with Gasteiger partial charge in [0.15, 0.2) is 0 Å². The van der Waals surface area contributed by atoms with Crippen LogP contribution >= 0.6 is 0 Å². The van der Waals surface area contributed by atoms with Crippen LogP contribution in [0, 0.1) is 11.8 Å². The summed E-state index contributed by atoms with van der Waals surface area (Å²) >= 11 is 0. The molecule has 126 valence electrons. The number of carbonyl (C=O) groups is 2. The Morgan fingerprint density at radius 3 is 2.52 bits per heavy atom. The Labute approximate surface area is 137 Å². The molecule has 1 unspecified atom stereocenters. The smallest absolute Gasteiger partial charge is 0.410 e. The maximum atomic E-state index is 12.1. The van der Waals surface area contributed by atoms with Crippen LogP contribution in [0.2, 0.25) is 0 Å². The lowest BCUT2D eigenvalue weighted by molar-refractivity contribution is -0.143. The normalized spacial score (nSPS) is 19.4. The first-order valence-electron chi connectivity index (χ1n) is 8.01. The average molecular weight is 319 g/mol. The molecule has 23 heavy (non-hydrogen) atoms. The molecular weight excluding hydrogens is 294 g/mol. The number of carboxylic acid groups (broad SMARTS) is 1. The third-order valence-corrected chi connectivity index (χ3v) is 4.06. The molecule has 0 saturated carbocycles. The van der Waals surface area contributed by atoms with E-state index in [1.807, 2.05) is 51.1 Å². The lowest BCUT2D eigenvalue weighted by Crippen LogP contribution is -2.36. The molecule has 1 saturated heterocycles. The highest BCUT2D eigenvalue weighted by Gasteiger charge is 2.37. The highest BCUT2D eigenvalue weighted by atomic mass is 16.6. The van der Waals surface area contributed by atoms with Gasteiger partial charge in [-0.3, -0.25) is 4.79 Å². The van der Waals surface area contributed by atoms with E-state index >= 15 is 0 Å². The fraction of sp³-hybridized carbons (Fsp3) is 0.556. The number of ether oxygens (including phenoxy) is 1. The molecule has 1 aliphatic rings. The van der Waals surface area contributed by atoms with Gasteiger partial charge in [-0.1, -0.05) is 30.3 Å². The van der Waals surface area contributed by atoms with Crippen LogP contribution in [0.15, 0.2) is 30.3 Å². The van der Waals surface area contributed by atoms with Crippen LogP contribution in [0.5, 0.6) is 0 Å². The van der Waals surface area contributed by atoms with E-state index in [4.69, 9.17) is 4.74 Å². The van der Waals surface area contributed by atoms with E-state index in [1.54, 1.807) is 4.90 Å². The van der Waals surface area contributed by atoms with E-state index in [-0.39, 0.29) is 12.0 Å². The van der Waals surface area contributed by atoms with E-state index in [2.05, 4.69) is 0 Å². The van der Waals surface area contributed by atoms with Crippen LogP contribution in [0.25, 0.3) is 0 Å². The van der Waals surface area contributed by atoms with Gasteiger partial charge in [-0.25, -0.2) is 4.79 Å². The first-order valence-corrected chi connectivity index (χ1v) is 8.01. The Morgan fingerprint density at radius 2 is 1.96 bits per heavy atom. The van der Waals surface area contributed by atoms with E-state index in [0.29, 0.717) is 25.9 Å². The Kier molecular flexibility index (Phi) is 5.29. The fourth-order valence-corrected chi connectivity index (χ4v) is 2.93. The lowest BCUT2D eigenvalue weighted by atomic mass is 9.86. The quantitative estimate of drug-likeness (QED) is 0.925. The van der Waals surface area contributed by atoms with Crippen LogP contribution in [-0.2, 0) is 16.0 Å². The van der Waals surface area contributed by atoms with Crippen molar-refractivity contribution in [3.8, 4) is 0 Å². The standard InChI is InChI=1S/C18H25NO4/c1-18(2,3)23-17(22)19-10-9-14(12-19)15(16(20)21)11-13-7-5-4-6-8-13/h4-8,14-15H,9-12H2,1-3H3,(H,20,21)/t14-,15?/m0/s1. The summed E-state index contributed by atoms with van der Waals surface area (Å²) in [6.45, 7) is 6.48. The summed E-state index contributed by atoms with van der Waals surface area (Å²) in [5.74, 6) is -1.32. The van der Waals surface area contributed by atoms with E-state index in [0.717, 1.165) is 5.56 Å². The van der Waals surface area contributed by atoms with E-state index < -0.39 is 17.5 Å². The molecule has 5 heteroatoms. The number of carboxylic acids is 1. The molecule has 0 spiro atoms. The molecule has 1 aromatic rings. The van der Waals surface area contributed by atoms with Crippen molar-refractivity contribution in [2.45, 2.75) is 39.2 Å². The summed E-state index contributed by atoms with van der Waals surface area (Å²) in [4.78, 5) is 25.4. The zero-order valence-electron chi connectivity index (χ0n) is 14.0. The monoisotopic (exact) mass is 319 g/mol. The van der Waals surface area contributed by atoms with Crippen molar-refractivity contribution in [1.82, 2.24) is 4.90 Å². The Bertz CT molecular complexity index is 550. The van der Waals surface area contributed by atoms with Gasteiger partial charge >= 0.3 is 12.1 Å². The van der Waals surface area contributed by atoms with Crippen LogP contribution in [0.4, 0.5) is 4.79 Å². The lowest BCUT2D eigenvalue weighted by Gasteiger charge is -2.25. The van der Waals surface area contributed by atoms with Gasteiger partial charge in [-0.15, -0.1) is 0 Å². The number of rotatable bonds is 4. The average Bonchev–Trinajstić information content (AvgIpc) is 2.93. The molecule has 0 bridgehead atoms. The first kappa shape index (κ1) is 17.3.